The number of nitrogens with zero attached hydrogens (tertiary/aromatic N) is 3. The fourth-order valence-electron chi connectivity index (χ4n) is 5.03. The zero-order valence-electron chi connectivity index (χ0n) is 16.3. The molecule has 4 nitrogen and oxygen atoms in total. The van der Waals surface area contributed by atoms with E-state index in [0.717, 1.165) is 17.9 Å². The summed E-state index contributed by atoms with van der Waals surface area (Å²) in [5.74, 6) is 2.09. The summed E-state index contributed by atoms with van der Waals surface area (Å²) in [6.45, 7) is 2.14. The van der Waals surface area contributed by atoms with Crippen LogP contribution in [0.1, 0.15) is 48.1 Å². The van der Waals surface area contributed by atoms with Crippen LogP contribution in [0.5, 0.6) is 0 Å². The second-order valence-electron chi connectivity index (χ2n) is 8.05. The third kappa shape index (κ3) is 3.25. The van der Waals surface area contributed by atoms with Gasteiger partial charge in [-0.3, -0.25) is 4.90 Å². The molecule has 5 heteroatoms. The lowest BCUT2D eigenvalue weighted by molar-refractivity contribution is 0.124. The van der Waals surface area contributed by atoms with E-state index in [0.29, 0.717) is 23.9 Å². The smallest absolute Gasteiger partial charge is 0.247 e. The molecular weight excluding hydrogens is 370 g/mol. The summed E-state index contributed by atoms with van der Waals surface area (Å²) in [7, 11) is 2.26. The average molecular weight is 396 g/mol. The van der Waals surface area contributed by atoms with Crippen LogP contribution in [0.2, 0.25) is 0 Å². The Morgan fingerprint density at radius 2 is 1.71 bits per heavy atom. The summed E-state index contributed by atoms with van der Waals surface area (Å²) >= 11 is 0. The van der Waals surface area contributed by atoms with Crippen LogP contribution in [0, 0.1) is 6.92 Å². The minimum Gasteiger partial charge on any atom is -0.420 e. The number of halogens is 1. The van der Waals surface area contributed by atoms with E-state index in [1.165, 1.54) is 24.0 Å². The first-order chi connectivity index (χ1) is 13.2. The zero-order valence-corrected chi connectivity index (χ0v) is 17.1. The molecule has 0 N–H and O–H groups in total. The normalized spacial score (nSPS) is 26.8. The van der Waals surface area contributed by atoms with E-state index in [4.69, 9.17) is 4.42 Å². The van der Waals surface area contributed by atoms with E-state index in [1.54, 1.807) is 0 Å². The molecule has 0 aliphatic carbocycles. The summed E-state index contributed by atoms with van der Waals surface area (Å²) < 4.78 is 6.23. The molecular formula is C23H26ClN3O. The van der Waals surface area contributed by atoms with Gasteiger partial charge in [0.2, 0.25) is 11.8 Å². The highest BCUT2D eigenvalue weighted by molar-refractivity contribution is 5.85. The number of fused-ring (bicyclic) bond motifs is 2. The van der Waals surface area contributed by atoms with Gasteiger partial charge in [-0.15, -0.1) is 22.6 Å². The highest BCUT2D eigenvalue weighted by Crippen LogP contribution is 2.50. The van der Waals surface area contributed by atoms with Crippen molar-refractivity contribution >= 4 is 12.4 Å². The van der Waals surface area contributed by atoms with E-state index in [2.05, 4.69) is 53.3 Å². The molecule has 3 unspecified atom stereocenters. The standard InChI is InChI=1S/C23H25N3O.ClH/c1-15-8-10-16(11-9-15)19-14-18-12-13-20(26(18)2)21(19)23-25-24-22(27-23)17-6-4-3-5-7-17;/h3-11,18-21H,12-14H2,1-2H3;1H/t18?,19-,20?,21?;/m1./s1. The van der Waals surface area contributed by atoms with E-state index < -0.39 is 0 Å². The van der Waals surface area contributed by atoms with Gasteiger partial charge in [0.25, 0.3) is 0 Å². The Balaban J connectivity index is 0.00000192. The van der Waals surface area contributed by atoms with Crippen LogP contribution >= 0.6 is 12.4 Å². The summed E-state index contributed by atoms with van der Waals surface area (Å²) in [6, 6.07) is 20.2. The van der Waals surface area contributed by atoms with Crippen molar-refractivity contribution in [1.82, 2.24) is 15.1 Å². The summed E-state index contributed by atoms with van der Waals surface area (Å²) in [6.07, 6.45) is 3.63. The van der Waals surface area contributed by atoms with Crippen molar-refractivity contribution < 1.29 is 4.42 Å². The maximum Gasteiger partial charge on any atom is 0.247 e. The molecule has 2 aliphatic heterocycles. The number of benzene rings is 2. The lowest BCUT2D eigenvalue weighted by atomic mass is 9.76. The van der Waals surface area contributed by atoms with Crippen LogP contribution in [0.25, 0.3) is 11.5 Å². The summed E-state index contributed by atoms with van der Waals surface area (Å²) in [5, 5.41) is 8.89. The average Bonchev–Trinajstić information content (AvgIpc) is 3.26. The maximum atomic E-state index is 6.23. The van der Waals surface area contributed by atoms with Gasteiger partial charge in [0, 0.05) is 17.6 Å². The number of hydrogen-bond donors (Lipinski definition) is 0. The first kappa shape index (κ1) is 19.2. The minimum absolute atomic E-state index is 0. The minimum atomic E-state index is 0. The van der Waals surface area contributed by atoms with Crippen LogP contribution in [0.15, 0.2) is 59.0 Å². The molecule has 146 valence electrons. The van der Waals surface area contributed by atoms with E-state index >= 15 is 0 Å². The van der Waals surface area contributed by atoms with Crippen molar-refractivity contribution in [2.24, 2.45) is 0 Å². The van der Waals surface area contributed by atoms with E-state index in [-0.39, 0.29) is 18.3 Å². The monoisotopic (exact) mass is 395 g/mol. The van der Waals surface area contributed by atoms with Crippen LogP contribution < -0.4 is 0 Å². The molecule has 4 atom stereocenters. The highest BCUT2D eigenvalue weighted by Gasteiger charge is 2.48. The number of piperidine rings is 1. The molecule has 2 saturated heterocycles. The molecule has 0 spiro atoms. The van der Waals surface area contributed by atoms with Gasteiger partial charge < -0.3 is 4.42 Å². The molecule has 2 aliphatic rings. The van der Waals surface area contributed by atoms with Gasteiger partial charge in [-0.1, -0.05) is 48.0 Å². The van der Waals surface area contributed by atoms with Gasteiger partial charge in [-0.05, 0) is 56.8 Å². The predicted molar refractivity (Wildman–Crippen MR) is 113 cm³/mol. The summed E-state index contributed by atoms with van der Waals surface area (Å²) in [4.78, 5) is 2.54. The molecule has 3 aromatic rings. The van der Waals surface area contributed by atoms with Crippen LogP contribution in [-0.2, 0) is 0 Å². The third-order valence-electron chi connectivity index (χ3n) is 6.52. The van der Waals surface area contributed by atoms with Gasteiger partial charge in [-0.25, -0.2) is 0 Å². The Bertz CT molecular complexity index is 925. The van der Waals surface area contributed by atoms with Crippen molar-refractivity contribution in [3.05, 3.63) is 71.6 Å². The van der Waals surface area contributed by atoms with Crippen LogP contribution in [0.3, 0.4) is 0 Å². The second-order valence-corrected chi connectivity index (χ2v) is 8.05. The van der Waals surface area contributed by atoms with Crippen molar-refractivity contribution in [2.75, 3.05) is 7.05 Å². The zero-order chi connectivity index (χ0) is 18.4. The fourth-order valence-corrected chi connectivity index (χ4v) is 5.03. The van der Waals surface area contributed by atoms with Gasteiger partial charge in [0.05, 0.1) is 5.92 Å². The Labute approximate surface area is 172 Å². The van der Waals surface area contributed by atoms with Crippen molar-refractivity contribution in [2.45, 2.75) is 50.1 Å². The molecule has 3 heterocycles. The third-order valence-corrected chi connectivity index (χ3v) is 6.52. The summed E-state index contributed by atoms with van der Waals surface area (Å²) in [5.41, 5.74) is 3.68. The van der Waals surface area contributed by atoms with Gasteiger partial charge in [0.1, 0.15) is 0 Å². The van der Waals surface area contributed by atoms with E-state index in [1.807, 2.05) is 30.3 Å². The Morgan fingerprint density at radius 3 is 2.46 bits per heavy atom. The molecule has 5 rings (SSSR count). The molecule has 2 bridgehead atoms. The first-order valence-electron chi connectivity index (χ1n) is 9.88. The molecule has 2 fully saturated rings. The SMILES string of the molecule is Cc1ccc([C@H]2CC3CCC(C2c2nnc(-c4ccccc4)o2)N3C)cc1.Cl. The number of hydrogen-bond acceptors (Lipinski definition) is 4. The number of likely N-dealkylation sites (N-methyl/N-ethyl adjacent to an activating group) is 1. The highest BCUT2D eigenvalue weighted by atomic mass is 35.5. The molecule has 28 heavy (non-hydrogen) atoms. The molecule has 2 aromatic carbocycles. The van der Waals surface area contributed by atoms with Crippen molar-refractivity contribution in [3.63, 3.8) is 0 Å². The predicted octanol–water partition coefficient (Wildman–Crippen LogP) is 5.20. The second kappa shape index (κ2) is 7.69. The van der Waals surface area contributed by atoms with Crippen molar-refractivity contribution in [3.8, 4) is 11.5 Å². The molecule has 0 saturated carbocycles. The van der Waals surface area contributed by atoms with Gasteiger partial charge >= 0.3 is 0 Å². The molecule has 0 radical (unpaired) electrons. The first-order valence-corrected chi connectivity index (χ1v) is 9.88. The fraction of sp³-hybridized carbons (Fsp3) is 0.391. The van der Waals surface area contributed by atoms with E-state index in [9.17, 15) is 0 Å². The van der Waals surface area contributed by atoms with Gasteiger partial charge in [-0.2, -0.15) is 0 Å². The van der Waals surface area contributed by atoms with Crippen molar-refractivity contribution in [1.29, 1.82) is 0 Å². The molecule has 1 aromatic heterocycles. The number of rotatable bonds is 3. The quantitative estimate of drug-likeness (QED) is 0.611. The topological polar surface area (TPSA) is 42.2 Å². The Kier molecular flexibility index (Phi) is 5.26. The number of aromatic nitrogens is 2. The lowest BCUT2D eigenvalue weighted by Crippen LogP contribution is -2.44. The maximum absolute atomic E-state index is 6.23. The number of aryl methyl sites for hydroxylation is 1. The van der Waals surface area contributed by atoms with Crippen LogP contribution in [0.4, 0.5) is 0 Å². The largest absolute Gasteiger partial charge is 0.420 e. The molecule has 0 amide bonds. The Morgan fingerprint density at radius 1 is 0.964 bits per heavy atom. The lowest BCUT2D eigenvalue weighted by Gasteiger charge is -2.41. The van der Waals surface area contributed by atoms with Crippen LogP contribution in [-0.4, -0.2) is 34.2 Å². The van der Waals surface area contributed by atoms with Gasteiger partial charge in [0.15, 0.2) is 0 Å². The Hall–Kier alpha value is -2.17.